The van der Waals surface area contributed by atoms with Gasteiger partial charge in [0.1, 0.15) is 54.2 Å². The molecular formula is C26H28O15. The molecule has 2 saturated heterocycles. The highest BCUT2D eigenvalue weighted by molar-refractivity contribution is 6.30. The van der Waals surface area contributed by atoms with Gasteiger partial charge in [-0.25, -0.2) is 0 Å². The molecule has 0 aromatic heterocycles. The summed E-state index contributed by atoms with van der Waals surface area (Å²) in [6.45, 7) is 0.442. The first-order chi connectivity index (χ1) is 19.3. The summed E-state index contributed by atoms with van der Waals surface area (Å²) in [6, 6.07) is 3.22. The van der Waals surface area contributed by atoms with E-state index in [4.69, 9.17) is 18.9 Å². The predicted molar refractivity (Wildman–Crippen MR) is 131 cm³/mol. The van der Waals surface area contributed by atoms with E-state index >= 15 is 0 Å². The van der Waals surface area contributed by atoms with Crippen LogP contribution < -0.4 is 4.74 Å². The lowest BCUT2D eigenvalue weighted by Crippen LogP contribution is -2.61. The van der Waals surface area contributed by atoms with Gasteiger partial charge < -0.3 is 64.9 Å². The quantitative estimate of drug-likeness (QED) is 0.152. The number of carbonyl (C=O) groups is 2. The number of phenolic OH excluding ortho intramolecular Hbond substituents is 3. The van der Waals surface area contributed by atoms with E-state index in [1.807, 2.05) is 0 Å². The van der Waals surface area contributed by atoms with Gasteiger partial charge in [-0.2, -0.15) is 0 Å². The molecule has 222 valence electrons. The number of carbonyl (C=O) groups excluding carboxylic acids is 2. The van der Waals surface area contributed by atoms with E-state index in [-0.39, 0.29) is 28.9 Å². The van der Waals surface area contributed by atoms with Gasteiger partial charge in [-0.3, -0.25) is 9.59 Å². The molecule has 9 unspecified atom stereocenters. The normalized spacial score (nSPS) is 33.3. The molecule has 9 N–H and O–H groups in total. The average molecular weight is 580 g/mol. The molecule has 2 fully saturated rings. The number of benzene rings is 2. The number of ether oxygens (including phenoxy) is 4. The Morgan fingerprint density at radius 3 is 2.15 bits per heavy atom. The molecule has 5 rings (SSSR count). The highest BCUT2D eigenvalue weighted by Crippen LogP contribution is 2.44. The monoisotopic (exact) mass is 580 g/mol. The van der Waals surface area contributed by atoms with E-state index in [2.05, 4.69) is 0 Å². The van der Waals surface area contributed by atoms with E-state index in [0.717, 1.165) is 18.2 Å². The number of hydrogen-bond donors (Lipinski definition) is 9. The van der Waals surface area contributed by atoms with Crippen molar-refractivity contribution in [2.75, 3.05) is 13.2 Å². The van der Waals surface area contributed by atoms with Crippen molar-refractivity contribution in [2.45, 2.75) is 62.2 Å². The van der Waals surface area contributed by atoms with Crippen LogP contribution in [0.5, 0.6) is 23.0 Å². The van der Waals surface area contributed by atoms with E-state index in [0.29, 0.717) is 0 Å². The molecule has 0 amide bonds. The number of hydrogen-bond acceptors (Lipinski definition) is 15. The maximum Gasteiger partial charge on any atom is 0.229 e. The number of aliphatic hydroxyl groups excluding tert-OH is 6. The van der Waals surface area contributed by atoms with Crippen LogP contribution in [-0.2, 0) is 14.2 Å². The van der Waals surface area contributed by atoms with Crippen molar-refractivity contribution in [2.24, 2.45) is 0 Å². The van der Waals surface area contributed by atoms with Crippen LogP contribution in [0.4, 0.5) is 0 Å². The van der Waals surface area contributed by atoms with E-state index < -0.39 is 102 Å². The molecule has 15 heteroatoms. The highest BCUT2D eigenvalue weighted by atomic mass is 16.7. The average Bonchev–Trinajstić information content (AvgIpc) is 2.94. The molecule has 2 aromatic carbocycles. The third-order valence-electron chi connectivity index (χ3n) is 7.40. The number of phenols is 3. The number of fused-ring (bicyclic) bond motifs is 2. The standard InChI is InChI=1S/C26H28O15/c1-7-10(27)4-9-15(16(7)29)17(30)8-2-3-12(20(33)14(8)18(9)31)40-26-24(37)22(35)21(34)13(41-26)6-39-25-23(36)19(32)11(28)5-38-25/h2-4,11,13,19,21-29,32-37H,5-6H2,1H3. The third-order valence-corrected chi connectivity index (χ3v) is 7.40. The highest BCUT2D eigenvalue weighted by Gasteiger charge is 2.47. The van der Waals surface area contributed by atoms with Gasteiger partial charge >= 0.3 is 0 Å². The van der Waals surface area contributed by atoms with E-state index in [1.54, 1.807) is 0 Å². The largest absolute Gasteiger partial charge is 0.508 e. The summed E-state index contributed by atoms with van der Waals surface area (Å²) >= 11 is 0. The first kappa shape index (κ1) is 29.1. The van der Waals surface area contributed by atoms with Crippen molar-refractivity contribution >= 4 is 11.6 Å². The van der Waals surface area contributed by atoms with E-state index in [1.165, 1.54) is 6.92 Å². The van der Waals surface area contributed by atoms with Gasteiger partial charge in [-0.1, -0.05) is 0 Å². The summed E-state index contributed by atoms with van der Waals surface area (Å²) in [4.78, 5) is 26.3. The summed E-state index contributed by atoms with van der Waals surface area (Å²) < 4.78 is 21.5. The van der Waals surface area contributed by atoms with Gasteiger partial charge in [0.05, 0.1) is 24.3 Å². The first-order valence-electron chi connectivity index (χ1n) is 12.5. The van der Waals surface area contributed by atoms with Crippen LogP contribution in [-0.4, -0.2) is 126 Å². The lowest BCUT2D eigenvalue weighted by Gasteiger charge is -2.41. The molecule has 0 spiro atoms. The molecule has 0 radical (unpaired) electrons. The summed E-state index contributed by atoms with van der Waals surface area (Å²) in [7, 11) is 0. The summed E-state index contributed by atoms with van der Waals surface area (Å²) in [5, 5.41) is 92.0. The van der Waals surface area contributed by atoms with Gasteiger partial charge in [-0.05, 0) is 25.1 Å². The molecule has 9 atom stereocenters. The molecule has 2 aliphatic heterocycles. The van der Waals surface area contributed by atoms with Gasteiger partial charge in [0.2, 0.25) is 6.29 Å². The van der Waals surface area contributed by atoms with Crippen molar-refractivity contribution in [3.05, 3.63) is 46.0 Å². The Labute approximate surface area is 231 Å². The minimum atomic E-state index is -1.87. The lowest BCUT2D eigenvalue weighted by atomic mass is 9.82. The molecule has 0 bridgehead atoms. The number of aromatic hydroxyl groups is 3. The zero-order valence-electron chi connectivity index (χ0n) is 21.3. The second kappa shape index (κ2) is 10.8. The van der Waals surface area contributed by atoms with Crippen molar-refractivity contribution < 1.29 is 74.5 Å². The van der Waals surface area contributed by atoms with Crippen LogP contribution >= 0.6 is 0 Å². The Hall–Kier alpha value is -3.38. The van der Waals surface area contributed by atoms with Gasteiger partial charge in [-0.15, -0.1) is 0 Å². The molecule has 15 nitrogen and oxygen atoms in total. The Kier molecular flexibility index (Phi) is 7.66. The first-order valence-corrected chi connectivity index (χ1v) is 12.5. The van der Waals surface area contributed by atoms with Crippen LogP contribution in [0.3, 0.4) is 0 Å². The van der Waals surface area contributed by atoms with Crippen LogP contribution in [0.15, 0.2) is 18.2 Å². The number of ketones is 2. The second-order valence-corrected chi connectivity index (χ2v) is 10.0. The van der Waals surface area contributed by atoms with Crippen LogP contribution in [0.1, 0.15) is 37.4 Å². The molecule has 41 heavy (non-hydrogen) atoms. The Morgan fingerprint density at radius 2 is 1.44 bits per heavy atom. The maximum absolute atomic E-state index is 13.2. The summed E-state index contributed by atoms with van der Waals surface area (Å²) in [5.41, 5.74) is -1.48. The Bertz CT molecular complexity index is 1380. The molecular weight excluding hydrogens is 552 g/mol. The van der Waals surface area contributed by atoms with Crippen LogP contribution in [0.25, 0.3) is 0 Å². The zero-order chi connectivity index (χ0) is 29.9. The summed E-state index contributed by atoms with van der Waals surface area (Å²) in [5.74, 6) is -4.03. The maximum atomic E-state index is 13.2. The summed E-state index contributed by atoms with van der Waals surface area (Å²) in [6.07, 6.45) is -14.6. The number of rotatable bonds is 5. The molecule has 3 aliphatic rings. The number of aliphatic hydroxyl groups is 6. The van der Waals surface area contributed by atoms with Crippen molar-refractivity contribution in [1.29, 1.82) is 0 Å². The fourth-order valence-electron chi connectivity index (χ4n) is 4.91. The minimum absolute atomic E-state index is 0.0152. The van der Waals surface area contributed by atoms with Crippen LogP contribution in [0.2, 0.25) is 0 Å². The van der Waals surface area contributed by atoms with Crippen molar-refractivity contribution in [1.82, 2.24) is 0 Å². The van der Waals surface area contributed by atoms with Gasteiger partial charge in [0, 0.05) is 16.7 Å². The molecule has 2 heterocycles. The minimum Gasteiger partial charge on any atom is -0.508 e. The predicted octanol–water partition coefficient (Wildman–Crippen LogP) is -2.47. The Morgan fingerprint density at radius 1 is 0.805 bits per heavy atom. The molecule has 2 aromatic rings. The topological polar surface area (TPSA) is 253 Å². The second-order valence-electron chi connectivity index (χ2n) is 10.0. The van der Waals surface area contributed by atoms with Crippen molar-refractivity contribution in [3.63, 3.8) is 0 Å². The fourth-order valence-corrected chi connectivity index (χ4v) is 4.91. The fraction of sp³-hybridized carbons (Fsp3) is 0.462. The molecule has 0 saturated carbocycles. The van der Waals surface area contributed by atoms with Gasteiger partial charge in [0.15, 0.2) is 29.4 Å². The zero-order valence-corrected chi connectivity index (χ0v) is 21.3. The van der Waals surface area contributed by atoms with Crippen molar-refractivity contribution in [3.8, 4) is 23.0 Å². The van der Waals surface area contributed by atoms with Crippen LogP contribution in [0, 0.1) is 6.92 Å². The van der Waals surface area contributed by atoms with E-state index in [9.17, 15) is 55.5 Å². The molecule has 1 aliphatic carbocycles. The van der Waals surface area contributed by atoms with Gasteiger partial charge in [0.25, 0.3) is 0 Å². The smallest absolute Gasteiger partial charge is 0.229 e. The Balaban J connectivity index is 1.37. The third kappa shape index (κ3) is 4.80. The SMILES string of the molecule is Cc1c(O)cc2c(c1O)C(=O)c1ccc(OC3OC(COC4OCC(O)C(O)C4O)C(O)C(O)C3O)c(O)c1C2=O. The lowest BCUT2D eigenvalue weighted by molar-refractivity contribution is -0.307.